The van der Waals surface area contributed by atoms with E-state index in [1.165, 1.54) is 0 Å². The highest BCUT2D eigenvalue weighted by Gasteiger charge is 2.51. The molecule has 0 saturated carbocycles. The average molecular weight is 274 g/mol. The number of halogens is 6. The van der Waals surface area contributed by atoms with Crippen LogP contribution < -0.4 is 0 Å². The molecule has 0 nitrogen and oxygen atoms in total. The quantitative estimate of drug-likeness (QED) is 0.536. The Hall–Kier alpha value is 0.680. The summed E-state index contributed by atoms with van der Waals surface area (Å²) >= 11 is 3.84. The third-order valence-corrected chi connectivity index (χ3v) is 1.74. The van der Waals surface area contributed by atoms with Crippen LogP contribution in [-0.2, 0) is 0 Å². The molecule has 0 heterocycles. The van der Waals surface area contributed by atoms with Crippen molar-refractivity contribution < 1.29 is 17.6 Å². The fourth-order valence-electron chi connectivity index (χ4n) is 0.0758. The second-order valence-corrected chi connectivity index (χ2v) is 4.59. The lowest BCUT2D eigenvalue weighted by Gasteiger charge is -2.19. The summed E-state index contributed by atoms with van der Waals surface area (Å²) in [5.74, 6) is -4.02. The highest BCUT2D eigenvalue weighted by Crippen LogP contribution is 2.43. The third kappa shape index (κ3) is 2.41. The van der Waals surface area contributed by atoms with Gasteiger partial charge in [0, 0.05) is 0 Å². The van der Waals surface area contributed by atoms with E-state index < -0.39 is 16.1 Å². The number of hydrogen-bond acceptors (Lipinski definition) is 0. The Kier molecular flexibility index (Phi) is 2.94. The Balaban J connectivity index is 4.14. The van der Waals surface area contributed by atoms with Gasteiger partial charge in [-0.1, -0.05) is 0 Å². The lowest BCUT2D eigenvalue weighted by atomic mass is 10.4. The molecule has 0 atom stereocenters. The summed E-state index contributed by atoms with van der Waals surface area (Å²) in [7, 11) is 0. The molecule has 0 saturated heterocycles. The van der Waals surface area contributed by atoms with Gasteiger partial charge in [0.05, 0.1) is 0 Å². The van der Waals surface area contributed by atoms with E-state index in [1.807, 2.05) is 31.9 Å². The molecular formula is C3H2Br2F4. The summed E-state index contributed by atoms with van der Waals surface area (Å²) in [5, 5.41) is 0. The number of hydrogen-bond donors (Lipinski definition) is 0. The van der Waals surface area contributed by atoms with Crippen LogP contribution >= 0.6 is 31.9 Å². The van der Waals surface area contributed by atoms with Crippen molar-refractivity contribution in [3.8, 4) is 0 Å². The Bertz CT molecular complexity index is 96.5. The maximum atomic E-state index is 12.0. The first-order valence-electron chi connectivity index (χ1n) is 1.82. The topological polar surface area (TPSA) is 0 Å². The highest BCUT2D eigenvalue weighted by atomic mass is 79.9. The van der Waals surface area contributed by atoms with E-state index in [-0.39, 0.29) is 0 Å². The van der Waals surface area contributed by atoms with E-state index in [0.29, 0.717) is 0 Å². The molecule has 0 rings (SSSR count). The first kappa shape index (κ1) is 9.68. The molecule has 6 heteroatoms. The molecule has 0 spiro atoms. The molecule has 0 aliphatic carbocycles. The van der Waals surface area contributed by atoms with E-state index in [9.17, 15) is 17.6 Å². The lowest BCUT2D eigenvalue weighted by molar-refractivity contribution is -0.0636. The van der Waals surface area contributed by atoms with Gasteiger partial charge in [0.15, 0.2) is 6.67 Å². The van der Waals surface area contributed by atoms with Crippen LogP contribution in [0.25, 0.3) is 0 Å². The van der Waals surface area contributed by atoms with Gasteiger partial charge in [0.1, 0.15) is 0 Å². The second kappa shape index (κ2) is 2.74. The molecule has 0 radical (unpaired) electrons. The minimum absolute atomic E-state index is 1.92. The molecule has 0 aromatic heterocycles. The first-order valence-corrected chi connectivity index (χ1v) is 3.40. The Morgan fingerprint density at radius 3 is 1.44 bits per heavy atom. The zero-order chi connectivity index (χ0) is 7.71. The van der Waals surface area contributed by atoms with Crippen molar-refractivity contribution in [2.45, 2.75) is 9.41 Å². The van der Waals surface area contributed by atoms with Crippen molar-refractivity contribution in [1.82, 2.24) is 0 Å². The van der Waals surface area contributed by atoms with Crippen LogP contribution in [0.4, 0.5) is 17.6 Å². The van der Waals surface area contributed by atoms with Crippen molar-refractivity contribution in [2.24, 2.45) is 0 Å². The summed E-state index contributed by atoms with van der Waals surface area (Å²) in [6, 6.07) is 0. The predicted molar refractivity (Wildman–Crippen MR) is 32.6 cm³/mol. The standard InChI is InChI=1S/C3H2Br2F4/c4-3(5,9)2(7,8)1-6/h1H2. The number of rotatable bonds is 2. The van der Waals surface area contributed by atoms with E-state index in [1.54, 1.807) is 0 Å². The van der Waals surface area contributed by atoms with Crippen LogP contribution in [0.1, 0.15) is 0 Å². The van der Waals surface area contributed by atoms with Crippen molar-refractivity contribution in [1.29, 1.82) is 0 Å². The number of alkyl halides is 6. The van der Waals surface area contributed by atoms with Crippen molar-refractivity contribution in [2.75, 3.05) is 6.67 Å². The zero-order valence-corrected chi connectivity index (χ0v) is 7.15. The zero-order valence-electron chi connectivity index (χ0n) is 3.97. The van der Waals surface area contributed by atoms with Crippen LogP contribution in [0.5, 0.6) is 0 Å². The van der Waals surface area contributed by atoms with Crippen molar-refractivity contribution >= 4 is 31.9 Å². The Morgan fingerprint density at radius 2 is 1.44 bits per heavy atom. The summed E-state index contributed by atoms with van der Waals surface area (Å²) in [4.78, 5) is 0. The monoisotopic (exact) mass is 272 g/mol. The maximum absolute atomic E-state index is 12.0. The normalized spacial score (nSPS) is 14.0. The van der Waals surface area contributed by atoms with Gasteiger partial charge in [-0.3, -0.25) is 0 Å². The summed E-state index contributed by atoms with van der Waals surface area (Å²) in [5.41, 5.74) is 0. The summed E-state index contributed by atoms with van der Waals surface area (Å²) in [6.45, 7) is -2.04. The molecule has 0 aromatic carbocycles. The summed E-state index contributed by atoms with van der Waals surface area (Å²) in [6.07, 6.45) is 0. The van der Waals surface area contributed by atoms with E-state index in [0.717, 1.165) is 0 Å². The molecule has 0 aliphatic rings. The maximum Gasteiger partial charge on any atom is 0.328 e. The molecule has 0 N–H and O–H groups in total. The average Bonchev–Trinajstić information content (AvgIpc) is 1.64. The lowest BCUT2D eigenvalue weighted by Crippen LogP contribution is -2.35. The van der Waals surface area contributed by atoms with Crippen molar-refractivity contribution in [3.63, 3.8) is 0 Å². The van der Waals surface area contributed by atoms with Gasteiger partial charge in [-0.25, -0.2) is 8.78 Å². The predicted octanol–water partition coefficient (Wildman–Crippen LogP) is 3.00. The molecule has 0 aromatic rings. The van der Waals surface area contributed by atoms with Gasteiger partial charge in [-0.2, -0.15) is 8.78 Å². The third-order valence-electron chi connectivity index (χ3n) is 0.583. The molecule has 0 fully saturated rings. The van der Waals surface area contributed by atoms with Crippen LogP contribution in [0.3, 0.4) is 0 Å². The van der Waals surface area contributed by atoms with Crippen molar-refractivity contribution in [3.05, 3.63) is 0 Å². The van der Waals surface area contributed by atoms with E-state index in [4.69, 9.17) is 0 Å². The van der Waals surface area contributed by atoms with Gasteiger partial charge < -0.3 is 0 Å². The molecule has 0 amide bonds. The highest BCUT2D eigenvalue weighted by molar-refractivity contribution is 9.25. The van der Waals surface area contributed by atoms with Crippen LogP contribution in [0, 0.1) is 0 Å². The molecule has 0 aliphatic heterocycles. The fraction of sp³-hybridized carbons (Fsp3) is 1.00. The molecule has 0 unspecified atom stereocenters. The fourth-order valence-corrected chi connectivity index (χ4v) is 0.288. The second-order valence-electron chi connectivity index (χ2n) is 1.34. The molecule has 0 bridgehead atoms. The molecule has 9 heavy (non-hydrogen) atoms. The smallest absolute Gasteiger partial charge is 0.244 e. The largest absolute Gasteiger partial charge is 0.328 e. The van der Waals surface area contributed by atoms with Gasteiger partial charge in [0.2, 0.25) is 0 Å². The molecular weight excluding hydrogens is 272 g/mol. The molecule has 56 valence electrons. The summed E-state index contributed by atoms with van der Waals surface area (Å²) < 4.78 is 43.7. The minimum atomic E-state index is -4.02. The van der Waals surface area contributed by atoms with Crippen LogP contribution in [0.15, 0.2) is 0 Å². The van der Waals surface area contributed by atoms with Gasteiger partial charge in [0.25, 0.3) is 3.49 Å². The van der Waals surface area contributed by atoms with Crippen LogP contribution in [-0.4, -0.2) is 16.1 Å². The van der Waals surface area contributed by atoms with Gasteiger partial charge in [-0.05, 0) is 31.9 Å². The Labute approximate surface area is 65.9 Å². The minimum Gasteiger partial charge on any atom is -0.244 e. The van der Waals surface area contributed by atoms with E-state index >= 15 is 0 Å². The van der Waals surface area contributed by atoms with E-state index in [2.05, 4.69) is 0 Å². The van der Waals surface area contributed by atoms with Gasteiger partial charge in [-0.15, -0.1) is 0 Å². The SMILES string of the molecule is FCC(F)(F)C(F)(Br)Br. The van der Waals surface area contributed by atoms with Gasteiger partial charge >= 0.3 is 5.92 Å². The Morgan fingerprint density at radius 1 is 1.11 bits per heavy atom. The van der Waals surface area contributed by atoms with Crippen LogP contribution in [0.2, 0.25) is 0 Å². The first-order chi connectivity index (χ1) is 3.81.